The van der Waals surface area contributed by atoms with E-state index in [1.807, 2.05) is 7.05 Å². The quantitative estimate of drug-likeness (QED) is 0.422. The molecule has 0 bridgehead atoms. The number of imidazole rings is 2. The molecule has 12 nitrogen and oxygen atoms in total. The van der Waals surface area contributed by atoms with E-state index in [9.17, 15) is 15.0 Å². The molecule has 4 rings (SSSR count). The molecule has 0 radical (unpaired) electrons. The van der Waals surface area contributed by atoms with Crippen LogP contribution in [0.4, 0.5) is 5.82 Å². The summed E-state index contributed by atoms with van der Waals surface area (Å²) in [5.41, 5.74) is 1.39. The molecule has 12 heteroatoms. The van der Waals surface area contributed by atoms with Crippen molar-refractivity contribution in [3.63, 3.8) is 0 Å². The van der Waals surface area contributed by atoms with E-state index in [4.69, 9.17) is 4.74 Å². The summed E-state index contributed by atoms with van der Waals surface area (Å²) in [4.78, 5) is 29.7. The molecule has 1 aliphatic heterocycles. The Morgan fingerprint density at radius 3 is 2.69 bits per heavy atom. The first-order chi connectivity index (χ1) is 13.9. The summed E-state index contributed by atoms with van der Waals surface area (Å²) in [6.07, 6.45) is -0.125. The van der Waals surface area contributed by atoms with Crippen molar-refractivity contribution in [1.82, 2.24) is 34.4 Å². The molecule has 29 heavy (non-hydrogen) atoms. The van der Waals surface area contributed by atoms with Gasteiger partial charge in [0, 0.05) is 26.8 Å². The lowest BCUT2D eigenvalue weighted by Crippen LogP contribution is -2.42. The lowest BCUT2D eigenvalue weighted by molar-refractivity contribution is -0.137. The van der Waals surface area contributed by atoms with Crippen LogP contribution in [0, 0.1) is 0 Å². The minimum absolute atomic E-state index is 0.359. The Labute approximate surface area is 165 Å². The number of aryl methyl sites for hydroxylation is 1. The number of nitrogens with one attached hydrogen (secondary N) is 2. The normalized spacial score (nSPS) is 24.2. The average Bonchev–Trinajstić information content (AvgIpc) is 3.40. The zero-order chi connectivity index (χ0) is 20.7. The van der Waals surface area contributed by atoms with Gasteiger partial charge in [0.1, 0.15) is 17.9 Å². The van der Waals surface area contributed by atoms with E-state index in [0.29, 0.717) is 35.0 Å². The summed E-state index contributed by atoms with van der Waals surface area (Å²) >= 11 is 0. The topological polar surface area (TPSA) is 152 Å². The Morgan fingerprint density at radius 1 is 1.24 bits per heavy atom. The number of aliphatic hydroxyl groups is 2. The Balaban J connectivity index is 1.77. The summed E-state index contributed by atoms with van der Waals surface area (Å²) < 4.78 is 8.94. The van der Waals surface area contributed by atoms with E-state index >= 15 is 0 Å². The number of anilines is 1. The van der Waals surface area contributed by atoms with Crippen molar-refractivity contribution >= 4 is 22.9 Å². The summed E-state index contributed by atoms with van der Waals surface area (Å²) in [6.45, 7) is 2.14. The minimum Gasteiger partial charge on any atom is -0.387 e. The number of ether oxygens (including phenoxy) is 1. The van der Waals surface area contributed by atoms with Crippen molar-refractivity contribution in [2.75, 3.05) is 18.9 Å². The average molecular weight is 402 g/mol. The fourth-order valence-corrected chi connectivity index (χ4v) is 3.30. The first-order valence-corrected chi connectivity index (χ1v) is 9.14. The van der Waals surface area contributed by atoms with Crippen LogP contribution in [-0.4, -0.2) is 77.1 Å². The molecule has 1 aliphatic rings. The molecule has 1 amide bonds. The Kier molecular flexibility index (Phi) is 4.90. The number of carbonyl (C=O) groups is 1. The van der Waals surface area contributed by atoms with Crippen molar-refractivity contribution in [3.8, 4) is 11.5 Å². The van der Waals surface area contributed by atoms with Gasteiger partial charge in [0.05, 0.1) is 12.7 Å². The van der Waals surface area contributed by atoms with E-state index in [1.165, 1.54) is 10.9 Å². The number of rotatable bonds is 5. The van der Waals surface area contributed by atoms with Crippen LogP contribution in [0.15, 0.2) is 18.9 Å². The lowest BCUT2D eigenvalue weighted by Gasteiger charge is -2.16. The molecule has 4 N–H and O–H groups in total. The Morgan fingerprint density at radius 2 is 2.03 bits per heavy atom. The monoisotopic (exact) mass is 402 g/mol. The van der Waals surface area contributed by atoms with Crippen LogP contribution in [0.5, 0.6) is 0 Å². The number of fused-ring (bicyclic) bond motifs is 1. The first-order valence-electron chi connectivity index (χ1n) is 9.14. The summed E-state index contributed by atoms with van der Waals surface area (Å²) in [6, 6.07) is 0. The predicted octanol–water partition coefficient (Wildman–Crippen LogP) is -0.976. The van der Waals surface area contributed by atoms with E-state index in [1.54, 1.807) is 31.1 Å². The smallest absolute Gasteiger partial charge is 0.252 e. The number of carbonyl (C=O) groups excluding carboxylic acids is 1. The van der Waals surface area contributed by atoms with E-state index in [2.05, 4.69) is 30.6 Å². The van der Waals surface area contributed by atoms with Crippen molar-refractivity contribution in [3.05, 3.63) is 18.9 Å². The van der Waals surface area contributed by atoms with Crippen LogP contribution < -0.4 is 10.6 Å². The van der Waals surface area contributed by atoms with Gasteiger partial charge in [0.25, 0.3) is 5.91 Å². The van der Waals surface area contributed by atoms with Gasteiger partial charge in [-0.2, -0.15) is 0 Å². The standard InChI is InChI=1S/C17H22N8O4/c1-4-19-16(28)12-10(26)11(27)17(29-12)25-7-21-9-14(18-2)22-13(23-15(9)25)8-5-24(3)6-20-8/h5-7,10-12,17,26-27H,4H2,1-3H3,(H,19,28)(H,18,22,23)/t10?,11?,12-,17?/m1/s1. The third kappa shape index (κ3) is 3.20. The van der Waals surface area contributed by atoms with Crippen molar-refractivity contribution in [2.45, 2.75) is 31.5 Å². The van der Waals surface area contributed by atoms with Crippen LogP contribution in [0.25, 0.3) is 22.7 Å². The molecular weight excluding hydrogens is 380 g/mol. The number of aliphatic hydroxyl groups excluding tert-OH is 2. The molecule has 4 heterocycles. The van der Waals surface area contributed by atoms with Gasteiger partial charge in [-0.25, -0.2) is 19.9 Å². The second kappa shape index (κ2) is 7.39. The van der Waals surface area contributed by atoms with Crippen LogP contribution >= 0.6 is 0 Å². The van der Waals surface area contributed by atoms with Gasteiger partial charge < -0.3 is 30.2 Å². The van der Waals surface area contributed by atoms with E-state index in [0.717, 1.165) is 0 Å². The highest BCUT2D eigenvalue weighted by atomic mass is 16.6. The number of likely N-dealkylation sites (N-methyl/N-ethyl adjacent to an activating group) is 1. The number of nitrogens with zero attached hydrogens (tertiary/aromatic N) is 6. The van der Waals surface area contributed by atoms with Crippen LogP contribution in [0.1, 0.15) is 13.2 Å². The van der Waals surface area contributed by atoms with Gasteiger partial charge >= 0.3 is 0 Å². The molecule has 0 aliphatic carbocycles. The zero-order valence-corrected chi connectivity index (χ0v) is 16.1. The maximum atomic E-state index is 12.1. The van der Waals surface area contributed by atoms with Crippen molar-refractivity contribution in [2.24, 2.45) is 7.05 Å². The third-order valence-corrected chi connectivity index (χ3v) is 4.71. The fourth-order valence-electron chi connectivity index (χ4n) is 3.30. The summed E-state index contributed by atoms with van der Waals surface area (Å²) in [5, 5.41) is 26.4. The molecule has 4 atom stereocenters. The van der Waals surface area contributed by atoms with Gasteiger partial charge in [-0.05, 0) is 6.92 Å². The molecule has 1 saturated heterocycles. The zero-order valence-electron chi connectivity index (χ0n) is 16.1. The van der Waals surface area contributed by atoms with Crippen LogP contribution in [-0.2, 0) is 16.6 Å². The van der Waals surface area contributed by atoms with Gasteiger partial charge in [-0.3, -0.25) is 9.36 Å². The Bertz CT molecular complexity index is 1050. The number of hydrogen-bond donors (Lipinski definition) is 4. The number of amides is 1. The first kappa shape index (κ1) is 19.2. The highest BCUT2D eigenvalue weighted by Crippen LogP contribution is 2.33. The predicted molar refractivity (Wildman–Crippen MR) is 102 cm³/mol. The molecule has 0 spiro atoms. The van der Waals surface area contributed by atoms with E-state index in [-0.39, 0.29) is 0 Å². The highest BCUT2D eigenvalue weighted by molar-refractivity contribution is 5.85. The van der Waals surface area contributed by atoms with Crippen LogP contribution in [0.3, 0.4) is 0 Å². The lowest BCUT2D eigenvalue weighted by atomic mass is 10.1. The second-order valence-electron chi connectivity index (χ2n) is 6.72. The van der Waals surface area contributed by atoms with Gasteiger partial charge in [-0.1, -0.05) is 0 Å². The minimum atomic E-state index is -1.38. The van der Waals surface area contributed by atoms with E-state index < -0.39 is 30.4 Å². The maximum Gasteiger partial charge on any atom is 0.252 e. The molecule has 0 saturated carbocycles. The fraction of sp³-hybridized carbons (Fsp3) is 0.471. The summed E-state index contributed by atoms with van der Waals surface area (Å²) in [7, 11) is 3.54. The molecule has 1 fully saturated rings. The van der Waals surface area contributed by atoms with Crippen LogP contribution in [0.2, 0.25) is 0 Å². The number of aromatic nitrogens is 6. The third-order valence-electron chi connectivity index (χ3n) is 4.71. The van der Waals surface area contributed by atoms with Gasteiger partial charge in [0.15, 0.2) is 35.1 Å². The molecule has 3 aromatic heterocycles. The molecule has 3 unspecified atom stereocenters. The van der Waals surface area contributed by atoms with Crippen molar-refractivity contribution in [1.29, 1.82) is 0 Å². The maximum absolute atomic E-state index is 12.1. The van der Waals surface area contributed by atoms with Crippen molar-refractivity contribution < 1.29 is 19.7 Å². The number of hydrogen-bond acceptors (Lipinski definition) is 9. The SMILES string of the molecule is CCNC(=O)[C@@H]1OC(n2cnc3c(NC)nc(-c4cn(C)cn4)nc32)C(O)C1O. The van der Waals surface area contributed by atoms with Gasteiger partial charge in [-0.15, -0.1) is 0 Å². The molecule has 0 aromatic carbocycles. The molecular formula is C17H22N8O4. The second-order valence-corrected chi connectivity index (χ2v) is 6.72. The Hall–Kier alpha value is -3.09. The summed E-state index contributed by atoms with van der Waals surface area (Å²) in [5.74, 6) is 0.339. The van der Waals surface area contributed by atoms with Gasteiger partial charge in [0.2, 0.25) is 0 Å². The highest BCUT2D eigenvalue weighted by Gasteiger charge is 2.47. The largest absolute Gasteiger partial charge is 0.387 e. The molecule has 154 valence electrons. The molecule has 3 aromatic rings.